The van der Waals surface area contributed by atoms with E-state index in [1.165, 1.54) is 48.2 Å². The number of amides is 1. The molecule has 4 rings (SSSR count). The van der Waals surface area contributed by atoms with Crippen molar-refractivity contribution in [3.8, 4) is 0 Å². The Kier molecular flexibility index (Phi) is 7.48. The smallest absolute Gasteiger partial charge is 0.269 e. The minimum absolute atomic E-state index is 0.0574. The van der Waals surface area contributed by atoms with Crippen LogP contribution in [0.2, 0.25) is 5.02 Å². The Hall–Kier alpha value is -3.69. The number of nitro groups is 1. The minimum atomic E-state index is -0.703. The zero-order chi connectivity index (χ0) is 24.9. The molecule has 10 heteroatoms. The fourth-order valence-electron chi connectivity index (χ4n) is 3.53. The van der Waals surface area contributed by atoms with Crippen molar-refractivity contribution < 1.29 is 14.1 Å². The van der Waals surface area contributed by atoms with Crippen LogP contribution in [-0.4, -0.2) is 16.0 Å². The van der Waals surface area contributed by atoms with Crippen LogP contribution in [0.25, 0.3) is 0 Å². The first-order valence-corrected chi connectivity index (χ1v) is 11.9. The van der Waals surface area contributed by atoms with Gasteiger partial charge in [-0.05, 0) is 60.5 Å². The van der Waals surface area contributed by atoms with Crippen molar-refractivity contribution in [3.05, 3.63) is 116 Å². The van der Waals surface area contributed by atoms with Crippen LogP contribution in [0.1, 0.15) is 24.1 Å². The van der Waals surface area contributed by atoms with E-state index in [2.05, 4.69) is 10.6 Å². The van der Waals surface area contributed by atoms with Gasteiger partial charge in [0.15, 0.2) is 5.17 Å². The maximum atomic E-state index is 13.3. The standard InChI is InChI=1S/C25H20ClFN4O3S/c1-15-22(24(32)29-19-10-8-18(27)9-11-19)23(16-6-12-20(13-7-16)31(33)34)30-25(28-15)35-14-17-4-2-3-5-21(17)26/h2-13,23H,14H2,1H3,(H,28,30)(H,29,32). The molecular formula is C25H20ClFN4O3S. The number of nitro benzene ring substituents is 1. The number of hydrogen-bond acceptors (Lipinski definition) is 6. The molecule has 0 aliphatic carbocycles. The Balaban J connectivity index is 1.64. The number of carbonyl (C=O) groups is 1. The van der Waals surface area contributed by atoms with Gasteiger partial charge in [0.1, 0.15) is 11.9 Å². The predicted molar refractivity (Wildman–Crippen MR) is 137 cm³/mol. The van der Waals surface area contributed by atoms with Gasteiger partial charge in [-0.1, -0.05) is 41.6 Å². The van der Waals surface area contributed by atoms with Crippen LogP contribution < -0.4 is 10.6 Å². The molecule has 0 radical (unpaired) electrons. The highest BCUT2D eigenvalue weighted by molar-refractivity contribution is 8.13. The SMILES string of the molecule is CC1=C(C(=O)Nc2ccc(F)cc2)C(c2ccc([N+](=O)[O-])cc2)N=C(SCc2ccccc2Cl)N1. The van der Waals surface area contributed by atoms with E-state index in [1.54, 1.807) is 19.1 Å². The first-order chi connectivity index (χ1) is 16.8. The number of thioether (sulfide) groups is 1. The Morgan fingerprint density at radius 2 is 1.83 bits per heavy atom. The van der Waals surface area contributed by atoms with Crippen molar-refractivity contribution in [2.75, 3.05) is 5.32 Å². The Morgan fingerprint density at radius 1 is 1.14 bits per heavy atom. The highest BCUT2D eigenvalue weighted by Crippen LogP contribution is 2.34. The molecular weight excluding hydrogens is 491 g/mol. The third-order valence-corrected chi connectivity index (χ3v) is 6.61. The molecule has 0 spiro atoms. The number of aliphatic imine (C=N–C) groups is 1. The van der Waals surface area contributed by atoms with Gasteiger partial charge in [0.25, 0.3) is 11.6 Å². The molecule has 0 saturated carbocycles. The average Bonchev–Trinajstić information content (AvgIpc) is 2.84. The third kappa shape index (κ3) is 5.87. The molecule has 2 N–H and O–H groups in total. The predicted octanol–water partition coefficient (Wildman–Crippen LogP) is 6.23. The number of benzene rings is 3. The summed E-state index contributed by atoms with van der Waals surface area (Å²) in [4.78, 5) is 28.6. The van der Waals surface area contributed by atoms with Gasteiger partial charge >= 0.3 is 0 Å². The number of amidine groups is 1. The number of halogens is 2. The highest BCUT2D eigenvalue weighted by Gasteiger charge is 2.30. The van der Waals surface area contributed by atoms with Gasteiger partial charge in [-0.25, -0.2) is 9.38 Å². The summed E-state index contributed by atoms with van der Waals surface area (Å²) in [7, 11) is 0. The van der Waals surface area contributed by atoms with Gasteiger partial charge in [-0.3, -0.25) is 14.9 Å². The van der Waals surface area contributed by atoms with E-state index >= 15 is 0 Å². The van der Waals surface area contributed by atoms with Crippen LogP contribution >= 0.6 is 23.4 Å². The minimum Gasteiger partial charge on any atom is -0.338 e. The molecule has 1 amide bonds. The Morgan fingerprint density at radius 3 is 2.49 bits per heavy atom. The summed E-state index contributed by atoms with van der Waals surface area (Å²) in [6, 6.07) is 18.2. The summed E-state index contributed by atoms with van der Waals surface area (Å²) in [5, 5.41) is 18.3. The zero-order valence-electron chi connectivity index (χ0n) is 18.5. The fraction of sp³-hybridized carbons (Fsp3) is 0.120. The van der Waals surface area contributed by atoms with Crippen LogP contribution in [0.5, 0.6) is 0 Å². The number of nitrogens with one attached hydrogen (secondary N) is 2. The van der Waals surface area contributed by atoms with Gasteiger partial charge in [-0.2, -0.15) is 0 Å². The first-order valence-electron chi connectivity index (χ1n) is 10.5. The second-order valence-electron chi connectivity index (χ2n) is 7.69. The molecule has 178 valence electrons. The molecule has 1 aliphatic rings. The van der Waals surface area contributed by atoms with Crippen LogP contribution in [0.15, 0.2) is 89.1 Å². The lowest BCUT2D eigenvalue weighted by atomic mass is 9.95. The molecule has 1 heterocycles. The molecule has 3 aromatic carbocycles. The van der Waals surface area contributed by atoms with E-state index in [4.69, 9.17) is 16.6 Å². The summed E-state index contributed by atoms with van der Waals surface area (Å²) in [5.74, 6) is -0.266. The molecule has 0 fully saturated rings. The molecule has 1 aliphatic heterocycles. The number of rotatable bonds is 6. The number of allylic oxidation sites excluding steroid dienone is 1. The summed E-state index contributed by atoms with van der Waals surface area (Å²) in [6.45, 7) is 1.77. The number of non-ortho nitro benzene ring substituents is 1. The number of carbonyl (C=O) groups excluding carboxylic acids is 1. The van der Waals surface area contributed by atoms with Crippen molar-refractivity contribution in [2.45, 2.75) is 18.7 Å². The van der Waals surface area contributed by atoms with E-state index in [1.807, 2.05) is 24.3 Å². The normalized spacial score (nSPS) is 15.3. The van der Waals surface area contributed by atoms with E-state index in [-0.39, 0.29) is 5.69 Å². The zero-order valence-corrected chi connectivity index (χ0v) is 20.1. The van der Waals surface area contributed by atoms with E-state index in [0.717, 1.165) is 5.56 Å². The molecule has 0 aromatic heterocycles. The Bertz CT molecular complexity index is 1330. The average molecular weight is 511 g/mol. The number of nitrogens with zero attached hydrogens (tertiary/aromatic N) is 2. The highest BCUT2D eigenvalue weighted by atomic mass is 35.5. The largest absolute Gasteiger partial charge is 0.338 e. The summed E-state index contributed by atoms with van der Waals surface area (Å²) in [6.07, 6.45) is 0. The maximum Gasteiger partial charge on any atom is 0.269 e. The molecule has 1 unspecified atom stereocenters. The summed E-state index contributed by atoms with van der Waals surface area (Å²) in [5.41, 5.74) is 2.88. The van der Waals surface area contributed by atoms with Crippen LogP contribution in [0.4, 0.5) is 15.8 Å². The van der Waals surface area contributed by atoms with Crippen molar-refractivity contribution in [1.82, 2.24) is 5.32 Å². The maximum absolute atomic E-state index is 13.3. The second kappa shape index (κ2) is 10.7. The molecule has 7 nitrogen and oxygen atoms in total. The summed E-state index contributed by atoms with van der Waals surface area (Å²) < 4.78 is 13.3. The first kappa shape index (κ1) is 24.4. The van der Waals surface area contributed by atoms with Gasteiger partial charge in [0, 0.05) is 34.3 Å². The van der Waals surface area contributed by atoms with Gasteiger partial charge in [0.05, 0.1) is 10.5 Å². The Labute approximate surface area is 210 Å². The monoisotopic (exact) mass is 510 g/mol. The quantitative estimate of drug-likeness (QED) is 0.302. The van der Waals surface area contributed by atoms with Gasteiger partial charge in [-0.15, -0.1) is 0 Å². The van der Waals surface area contributed by atoms with E-state index in [0.29, 0.717) is 38.5 Å². The molecule has 0 saturated heterocycles. The topological polar surface area (TPSA) is 96.6 Å². The number of anilines is 1. The van der Waals surface area contributed by atoms with Crippen molar-refractivity contribution in [3.63, 3.8) is 0 Å². The van der Waals surface area contributed by atoms with Gasteiger partial charge in [0.2, 0.25) is 0 Å². The molecule has 35 heavy (non-hydrogen) atoms. The van der Waals surface area contributed by atoms with E-state index in [9.17, 15) is 19.3 Å². The van der Waals surface area contributed by atoms with Crippen LogP contribution in [-0.2, 0) is 10.5 Å². The van der Waals surface area contributed by atoms with Crippen molar-refractivity contribution in [2.24, 2.45) is 4.99 Å². The van der Waals surface area contributed by atoms with Gasteiger partial charge < -0.3 is 10.6 Å². The molecule has 0 bridgehead atoms. The van der Waals surface area contributed by atoms with Crippen LogP contribution in [0.3, 0.4) is 0 Å². The third-order valence-electron chi connectivity index (χ3n) is 5.31. The van der Waals surface area contributed by atoms with Crippen LogP contribution in [0, 0.1) is 15.9 Å². The summed E-state index contributed by atoms with van der Waals surface area (Å²) >= 11 is 7.71. The van der Waals surface area contributed by atoms with Crippen molar-refractivity contribution >= 4 is 45.8 Å². The second-order valence-corrected chi connectivity index (χ2v) is 9.06. The van der Waals surface area contributed by atoms with E-state index < -0.39 is 22.7 Å². The lowest BCUT2D eigenvalue weighted by Crippen LogP contribution is -2.32. The number of hydrogen-bond donors (Lipinski definition) is 2. The lowest BCUT2D eigenvalue weighted by Gasteiger charge is -2.26. The van der Waals surface area contributed by atoms with Crippen molar-refractivity contribution in [1.29, 1.82) is 0 Å². The molecule has 1 atom stereocenters. The molecule has 3 aromatic rings. The fourth-order valence-corrected chi connectivity index (χ4v) is 4.76. The lowest BCUT2D eigenvalue weighted by molar-refractivity contribution is -0.384.